The Bertz CT molecular complexity index is 342. The number of aryl methyl sites for hydroxylation is 1. The minimum atomic E-state index is 0.541. The van der Waals surface area contributed by atoms with Crippen LogP contribution in [-0.4, -0.2) is 13.2 Å². The molecule has 1 rings (SSSR count). The van der Waals surface area contributed by atoms with Crippen LogP contribution in [0.4, 0.5) is 0 Å². The van der Waals surface area contributed by atoms with Gasteiger partial charge in [0.15, 0.2) is 0 Å². The molecule has 3 nitrogen and oxygen atoms in total. The van der Waals surface area contributed by atoms with Crippen LogP contribution in [0.1, 0.15) is 37.4 Å². The van der Waals surface area contributed by atoms with Crippen molar-refractivity contribution < 1.29 is 9.15 Å². The van der Waals surface area contributed by atoms with E-state index in [1.54, 1.807) is 0 Å². The molecular formula is C14H23NO2. The van der Waals surface area contributed by atoms with E-state index in [9.17, 15) is 0 Å². The van der Waals surface area contributed by atoms with E-state index >= 15 is 0 Å². The lowest BCUT2D eigenvalue weighted by molar-refractivity contribution is 0.130. The number of nitrogens with one attached hydrogen (secondary N) is 1. The summed E-state index contributed by atoms with van der Waals surface area (Å²) < 4.78 is 11.1. The van der Waals surface area contributed by atoms with Gasteiger partial charge in [-0.05, 0) is 32.9 Å². The maximum absolute atomic E-state index is 5.64. The van der Waals surface area contributed by atoms with Crippen LogP contribution in [0, 0.1) is 6.92 Å². The molecule has 1 N–H and O–H groups in total. The Morgan fingerprint density at radius 2 is 2.29 bits per heavy atom. The SMILES string of the molecule is CC=CCOCc1cc(CNCCC)c(C)o1. The highest BCUT2D eigenvalue weighted by atomic mass is 16.5. The monoisotopic (exact) mass is 237 g/mol. The molecule has 1 aromatic rings. The van der Waals surface area contributed by atoms with E-state index in [0.717, 1.165) is 31.0 Å². The summed E-state index contributed by atoms with van der Waals surface area (Å²) in [4.78, 5) is 0. The van der Waals surface area contributed by atoms with Gasteiger partial charge < -0.3 is 14.5 Å². The largest absolute Gasteiger partial charge is 0.464 e. The van der Waals surface area contributed by atoms with Crippen molar-refractivity contribution in [3.05, 3.63) is 35.3 Å². The van der Waals surface area contributed by atoms with E-state index in [1.165, 1.54) is 5.56 Å². The molecule has 0 bridgehead atoms. The third-order valence-electron chi connectivity index (χ3n) is 2.51. The van der Waals surface area contributed by atoms with Gasteiger partial charge in [0.25, 0.3) is 0 Å². The second-order valence-electron chi connectivity index (χ2n) is 4.06. The summed E-state index contributed by atoms with van der Waals surface area (Å²) >= 11 is 0. The Balaban J connectivity index is 2.38. The van der Waals surface area contributed by atoms with Gasteiger partial charge in [0.2, 0.25) is 0 Å². The lowest BCUT2D eigenvalue weighted by Crippen LogP contribution is -2.13. The molecule has 0 aliphatic carbocycles. The first-order valence-electron chi connectivity index (χ1n) is 6.25. The van der Waals surface area contributed by atoms with E-state index < -0.39 is 0 Å². The molecule has 0 saturated carbocycles. The Hall–Kier alpha value is -1.06. The molecule has 0 aliphatic heterocycles. The molecule has 0 radical (unpaired) electrons. The number of hydrogen-bond acceptors (Lipinski definition) is 3. The first-order valence-corrected chi connectivity index (χ1v) is 6.25. The summed E-state index contributed by atoms with van der Waals surface area (Å²) in [6, 6.07) is 2.08. The van der Waals surface area contributed by atoms with Crippen LogP contribution in [0.3, 0.4) is 0 Å². The average Bonchev–Trinajstić information content (AvgIpc) is 2.66. The number of allylic oxidation sites excluding steroid dienone is 1. The highest BCUT2D eigenvalue weighted by molar-refractivity contribution is 5.20. The zero-order valence-corrected chi connectivity index (χ0v) is 11.1. The van der Waals surface area contributed by atoms with E-state index in [0.29, 0.717) is 13.2 Å². The average molecular weight is 237 g/mol. The molecule has 3 heteroatoms. The molecule has 0 spiro atoms. The third kappa shape index (κ3) is 5.20. The second kappa shape index (κ2) is 8.09. The van der Waals surface area contributed by atoms with Crippen molar-refractivity contribution in [1.29, 1.82) is 0 Å². The minimum Gasteiger partial charge on any atom is -0.464 e. The smallest absolute Gasteiger partial charge is 0.130 e. The van der Waals surface area contributed by atoms with Gasteiger partial charge in [0, 0.05) is 12.1 Å². The van der Waals surface area contributed by atoms with Gasteiger partial charge in [0.1, 0.15) is 18.1 Å². The van der Waals surface area contributed by atoms with Crippen LogP contribution in [0.25, 0.3) is 0 Å². The van der Waals surface area contributed by atoms with Gasteiger partial charge in [0.05, 0.1) is 6.61 Å². The Morgan fingerprint density at radius 1 is 1.47 bits per heavy atom. The van der Waals surface area contributed by atoms with Gasteiger partial charge in [-0.2, -0.15) is 0 Å². The normalized spacial score (nSPS) is 11.5. The third-order valence-corrected chi connectivity index (χ3v) is 2.51. The molecule has 0 fully saturated rings. The van der Waals surface area contributed by atoms with Crippen molar-refractivity contribution in [3.8, 4) is 0 Å². The van der Waals surface area contributed by atoms with Crippen LogP contribution in [0.2, 0.25) is 0 Å². The maximum Gasteiger partial charge on any atom is 0.130 e. The standard InChI is InChI=1S/C14H23NO2/c1-4-6-8-16-11-14-9-13(12(3)17-14)10-15-7-5-2/h4,6,9,15H,5,7-8,10-11H2,1-3H3. The number of ether oxygens (including phenoxy) is 1. The fourth-order valence-corrected chi connectivity index (χ4v) is 1.56. The molecule has 0 aromatic carbocycles. The lowest BCUT2D eigenvalue weighted by Gasteiger charge is -1.99. The van der Waals surface area contributed by atoms with Crippen molar-refractivity contribution in [2.75, 3.05) is 13.2 Å². The molecular weight excluding hydrogens is 214 g/mol. The number of hydrogen-bond donors (Lipinski definition) is 1. The summed E-state index contributed by atoms with van der Waals surface area (Å²) in [6.07, 6.45) is 5.11. The molecule has 0 saturated heterocycles. The Labute approximate surface area is 104 Å². The fourth-order valence-electron chi connectivity index (χ4n) is 1.56. The summed E-state index contributed by atoms with van der Waals surface area (Å²) in [5.74, 6) is 1.89. The van der Waals surface area contributed by atoms with Gasteiger partial charge >= 0.3 is 0 Å². The topological polar surface area (TPSA) is 34.4 Å². The molecule has 0 atom stereocenters. The summed E-state index contributed by atoms with van der Waals surface area (Å²) in [6.45, 7) is 9.24. The number of rotatable bonds is 8. The number of furan rings is 1. The summed E-state index contributed by atoms with van der Waals surface area (Å²) in [5.41, 5.74) is 1.23. The van der Waals surface area contributed by atoms with Gasteiger partial charge in [-0.15, -0.1) is 0 Å². The second-order valence-corrected chi connectivity index (χ2v) is 4.06. The zero-order valence-electron chi connectivity index (χ0n) is 11.1. The van der Waals surface area contributed by atoms with Crippen molar-refractivity contribution in [3.63, 3.8) is 0 Å². The fraction of sp³-hybridized carbons (Fsp3) is 0.571. The van der Waals surface area contributed by atoms with Crippen molar-refractivity contribution in [1.82, 2.24) is 5.32 Å². The van der Waals surface area contributed by atoms with Crippen molar-refractivity contribution in [2.24, 2.45) is 0 Å². The first-order chi connectivity index (χ1) is 8.27. The van der Waals surface area contributed by atoms with Crippen LogP contribution in [0.5, 0.6) is 0 Å². The van der Waals surface area contributed by atoms with Crippen LogP contribution in [-0.2, 0) is 17.9 Å². The van der Waals surface area contributed by atoms with Gasteiger partial charge in [-0.1, -0.05) is 19.1 Å². The van der Waals surface area contributed by atoms with Crippen molar-refractivity contribution in [2.45, 2.75) is 40.3 Å². The quantitative estimate of drug-likeness (QED) is 0.557. The van der Waals surface area contributed by atoms with Crippen LogP contribution in [0.15, 0.2) is 22.6 Å². The molecule has 1 aromatic heterocycles. The van der Waals surface area contributed by atoms with E-state index in [1.807, 2.05) is 26.0 Å². The highest BCUT2D eigenvalue weighted by Gasteiger charge is 2.06. The molecule has 17 heavy (non-hydrogen) atoms. The summed E-state index contributed by atoms with van der Waals surface area (Å²) in [5, 5.41) is 3.37. The molecule has 0 unspecified atom stereocenters. The van der Waals surface area contributed by atoms with Crippen LogP contribution < -0.4 is 5.32 Å². The van der Waals surface area contributed by atoms with E-state index in [2.05, 4.69) is 18.3 Å². The minimum absolute atomic E-state index is 0.541. The van der Waals surface area contributed by atoms with Gasteiger partial charge in [-0.25, -0.2) is 0 Å². The summed E-state index contributed by atoms with van der Waals surface area (Å²) in [7, 11) is 0. The van der Waals surface area contributed by atoms with Gasteiger partial charge in [-0.3, -0.25) is 0 Å². The highest BCUT2D eigenvalue weighted by Crippen LogP contribution is 2.15. The van der Waals surface area contributed by atoms with Crippen molar-refractivity contribution >= 4 is 0 Å². The molecule has 0 amide bonds. The Kier molecular flexibility index (Phi) is 6.67. The van der Waals surface area contributed by atoms with Crippen LogP contribution >= 0.6 is 0 Å². The van der Waals surface area contributed by atoms with E-state index in [-0.39, 0.29) is 0 Å². The lowest BCUT2D eigenvalue weighted by atomic mass is 10.2. The Morgan fingerprint density at radius 3 is 3.00 bits per heavy atom. The maximum atomic E-state index is 5.64. The molecule has 96 valence electrons. The predicted octanol–water partition coefficient (Wildman–Crippen LogP) is 3.18. The van der Waals surface area contributed by atoms with E-state index in [4.69, 9.17) is 9.15 Å². The zero-order chi connectivity index (χ0) is 12.5. The molecule has 1 heterocycles. The first kappa shape index (κ1) is 14.0. The molecule has 0 aliphatic rings. The predicted molar refractivity (Wildman–Crippen MR) is 69.9 cm³/mol.